The van der Waals surface area contributed by atoms with Gasteiger partial charge in [-0.3, -0.25) is 4.79 Å². The van der Waals surface area contributed by atoms with Crippen LogP contribution >= 0.6 is 0 Å². The van der Waals surface area contributed by atoms with E-state index in [1.165, 1.54) is 6.07 Å². The van der Waals surface area contributed by atoms with Gasteiger partial charge >= 0.3 is 0 Å². The Kier molecular flexibility index (Phi) is 4.06. The molecule has 0 saturated heterocycles. The predicted molar refractivity (Wildman–Crippen MR) is 70.3 cm³/mol. The number of nitrogens with zero attached hydrogens (tertiary/aromatic N) is 1. The number of aliphatic hydroxyl groups is 1. The summed E-state index contributed by atoms with van der Waals surface area (Å²) in [6, 6.07) is 7.51. The smallest absolute Gasteiger partial charge is 0.270 e. The maximum atomic E-state index is 13.6. The van der Waals surface area contributed by atoms with Gasteiger partial charge in [-0.25, -0.2) is 9.37 Å². The third-order valence-corrected chi connectivity index (χ3v) is 2.95. The fourth-order valence-electron chi connectivity index (χ4n) is 1.77. The molecule has 2 aromatic rings. The number of aromatic nitrogens is 1. The van der Waals surface area contributed by atoms with Crippen molar-refractivity contribution in [2.24, 2.45) is 0 Å². The molecule has 0 aliphatic carbocycles. The van der Waals surface area contributed by atoms with Crippen molar-refractivity contribution >= 4 is 16.8 Å². The Morgan fingerprint density at radius 1 is 1.42 bits per heavy atom. The Hall–Kier alpha value is -2.01. The van der Waals surface area contributed by atoms with Crippen LogP contribution in [0, 0.1) is 5.82 Å². The molecule has 0 spiro atoms. The van der Waals surface area contributed by atoms with E-state index in [1.54, 1.807) is 24.3 Å². The fraction of sp³-hybridized carbons (Fsp3) is 0.286. The summed E-state index contributed by atoms with van der Waals surface area (Å²) in [5.41, 5.74) is 0.316. The van der Waals surface area contributed by atoms with Crippen LogP contribution in [-0.4, -0.2) is 28.6 Å². The van der Waals surface area contributed by atoms with Gasteiger partial charge in [-0.15, -0.1) is 0 Å². The lowest BCUT2D eigenvalue weighted by molar-refractivity contribution is 0.0910. The average molecular weight is 262 g/mol. The molecule has 0 aliphatic rings. The van der Waals surface area contributed by atoms with Crippen LogP contribution in [-0.2, 0) is 0 Å². The van der Waals surface area contributed by atoms with Crippen molar-refractivity contribution < 1.29 is 14.3 Å². The number of fused-ring (bicyclic) bond motifs is 1. The number of rotatable bonds is 4. The maximum Gasteiger partial charge on any atom is 0.270 e. The Balaban J connectivity index is 2.30. The van der Waals surface area contributed by atoms with Crippen LogP contribution in [0.4, 0.5) is 4.39 Å². The summed E-state index contributed by atoms with van der Waals surface area (Å²) in [5.74, 6) is -0.868. The number of pyridine rings is 1. The zero-order valence-electron chi connectivity index (χ0n) is 10.6. The maximum absolute atomic E-state index is 13.6. The number of nitrogens with one attached hydrogen (secondary N) is 1. The van der Waals surface area contributed by atoms with Crippen molar-refractivity contribution in [3.63, 3.8) is 0 Å². The highest BCUT2D eigenvalue weighted by atomic mass is 19.1. The van der Waals surface area contributed by atoms with Gasteiger partial charge in [0.2, 0.25) is 0 Å². The predicted octanol–water partition coefficient (Wildman–Crippen LogP) is 1.87. The normalized spacial score (nSPS) is 12.4. The van der Waals surface area contributed by atoms with Crippen molar-refractivity contribution in [2.75, 3.05) is 6.61 Å². The molecule has 5 heteroatoms. The van der Waals surface area contributed by atoms with Crippen molar-refractivity contribution in [3.8, 4) is 0 Å². The van der Waals surface area contributed by atoms with Gasteiger partial charge in [0.1, 0.15) is 17.0 Å². The van der Waals surface area contributed by atoms with Gasteiger partial charge in [-0.05, 0) is 18.6 Å². The van der Waals surface area contributed by atoms with Gasteiger partial charge in [0.05, 0.1) is 12.6 Å². The van der Waals surface area contributed by atoms with Gasteiger partial charge in [0.25, 0.3) is 5.91 Å². The van der Waals surface area contributed by atoms with Gasteiger partial charge < -0.3 is 10.4 Å². The monoisotopic (exact) mass is 262 g/mol. The molecule has 19 heavy (non-hydrogen) atoms. The van der Waals surface area contributed by atoms with E-state index in [-0.39, 0.29) is 23.9 Å². The van der Waals surface area contributed by atoms with Crippen molar-refractivity contribution in [1.29, 1.82) is 0 Å². The minimum atomic E-state index is -0.457. The first-order valence-corrected chi connectivity index (χ1v) is 6.12. The molecule has 1 aromatic heterocycles. The number of halogens is 1. The highest BCUT2D eigenvalue weighted by Crippen LogP contribution is 2.15. The number of hydrogen-bond acceptors (Lipinski definition) is 3. The van der Waals surface area contributed by atoms with Gasteiger partial charge in [-0.2, -0.15) is 0 Å². The van der Waals surface area contributed by atoms with E-state index in [2.05, 4.69) is 10.3 Å². The van der Waals surface area contributed by atoms with Crippen molar-refractivity contribution in [3.05, 3.63) is 41.8 Å². The summed E-state index contributed by atoms with van der Waals surface area (Å²) in [4.78, 5) is 15.9. The molecule has 4 nitrogen and oxygen atoms in total. The second-order valence-electron chi connectivity index (χ2n) is 4.27. The summed E-state index contributed by atoms with van der Waals surface area (Å²) in [5, 5.41) is 12.3. The molecule has 1 aromatic carbocycles. The zero-order valence-corrected chi connectivity index (χ0v) is 10.6. The van der Waals surface area contributed by atoms with E-state index in [0.717, 1.165) is 0 Å². The molecule has 1 heterocycles. The summed E-state index contributed by atoms with van der Waals surface area (Å²) >= 11 is 0. The van der Waals surface area contributed by atoms with Crippen LogP contribution in [0.15, 0.2) is 30.3 Å². The van der Waals surface area contributed by atoms with Crippen LogP contribution in [0.1, 0.15) is 23.8 Å². The number of para-hydroxylation sites is 1. The second kappa shape index (κ2) is 5.75. The SMILES string of the molecule is CCC(CO)NC(=O)c1ccc2cccc(F)c2n1. The highest BCUT2D eigenvalue weighted by molar-refractivity contribution is 5.95. The van der Waals surface area contributed by atoms with Crippen LogP contribution in [0.3, 0.4) is 0 Å². The first kappa shape index (κ1) is 13.4. The van der Waals surface area contributed by atoms with E-state index in [9.17, 15) is 9.18 Å². The van der Waals surface area contributed by atoms with E-state index in [4.69, 9.17) is 5.11 Å². The van der Waals surface area contributed by atoms with Crippen molar-refractivity contribution in [1.82, 2.24) is 10.3 Å². The van der Waals surface area contributed by atoms with Crippen LogP contribution < -0.4 is 5.32 Å². The molecule has 1 amide bonds. The molecule has 2 rings (SSSR count). The van der Waals surface area contributed by atoms with Crippen LogP contribution in [0.5, 0.6) is 0 Å². The molecule has 0 aliphatic heterocycles. The number of hydrogen-bond donors (Lipinski definition) is 2. The molecule has 1 atom stereocenters. The third-order valence-electron chi connectivity index (χ3n) is 2.95. The number of carbonyl (C=O) groups excluding carboxylic acids is 1. The number of carbonyl (C=O) groups is 1. The summed E-state index contributed by atoms with van der Waals surface area (Å²) in [7, 11) is 0. The number of aliphatic hydroxyl groups excluding tert-OH is 1. The lowest BCUT2D eigenvalue weighted by Gasteiger charge is -2.13. The second-order valence-corrected chi connectivity index (χ2v) is 4.27. The fourth-order valence-corrected chi connectivity index (χ4v) is 1.77. The Labute approximate surface area is 110 Å². The largest absolute Gasteiger partial charge is 0.394 e. The number of amides is 1. The van der Waals surface area contributed by atoms with Gasteiger partial charge in [0, 0.05) is 5.39 Å². The average Bonchev–Trinajstić information content (AvgIpc) is 2.44. The van der Waals surface area contributed by atoms with Gasteiger partial charge in [0.15, 0.2) is 0 Å². The summed E-state index contributed by atoms with van der Waals surface area (Å²) in [6.07, 6.45) is 0.615. The molecular weight excluding hydrogens is 247 g/mol. The Morgan fingerprint density at radius 2 is 2.21 bits per heavy atom. The molecular formula is C14H15FN2O2. The first-order chi connectivity index (χ1) is 9.15. The standard InChI is InChI=1S/C14H15FN2O2/c1-2-10(8-18)16-14(19)12-7-6-9-4-3-5-11(15)13(9)17-12/h3-7,10,18H,2,8H2,1H3,(H,16,19). The topological polar surface area (TPSA) is 62.2 Å². The molecule has 2 N–H and O–H groups in total. The van der Waals surface area contributed by atoms with E-state index >= 15 is 0 Å². The van der Waals surface area contributed by atoms with E-state index in [1.807, 2.05) is 6.92 Å². The molecule has 0 saturated carbocycles. The van der Waals surface area contributed by atoms with Gasteiger partial charge in [-0.1, -0.05) is 25.1 Å². The quantitative estimate of drug-likeness (QED) is 0.884. The van der Waals surface area contributed by atoms with E-state index < -0.39 is 11.7 Å². The highest BCUT2D eigenvalue weighted by Gasteiger charge is 2.13. The molecule has 0 fully saturated rings. The minimum Gasteiger partial charge on any atom is -0.394 e. The molecule has 0 radical (unpaired) electrons. The lowest BCUT2D eigenvalue weighted by atomic mass is 10.2. The molecule has 1 unspecified atom stereocenters. The molecule has 0 bridgehead atoms. The molecule has 100 valence electrons. The first-order valence-electron chi connectivity index (χ1n) is 6.12. The van der Waals surface area contributed by atoms with E-state index in [0.29, 0.717) is 11.8 Å². The lowest BCUT2D eigenvalue weighted by Crippen LogP contribution is -2.37. The van der Waals surface area contributed by atoms with Crippen LogP contribution in [0.2, 0.25) is 0 Å². The number of benzene rings is 1. The Morgan fingerprint density at radius 3 is 2.89 bits per heavy atom. The summed E-state index contributed by atoms with van der Waals surface area (Å²) in [6.45, 7) is 1.72. The third kappa shape index (κ3) is 2.88. The summed E-state index contributed by atoms with van der Waals surface area (Å²) < 4.78 is 13.6. The minimum absolute atomic E-state index is 0.135. The zero-order chi connectivity index (χ0) is 13.8. The van der Waals surface area contributed by atoms with Crippen LogP contribution in [0.25, 0.3) is 10.9 Å². The Bertz CT molecular complexity index is 597. The van der Waals surface area contributed by atoms with Crippen molar-refractivity contribution in [2.45, 2.75) is 19.4 Å².